The fourth-order valence-corrected chi connectivity index (χ4v) is 3.93. The molecular formula is C23H20FN5OS. The highest BCUT2D eigenvalue weighted by atomic mass is 32.1. The van der Waals surface area contributed by atoms with Crippen molar-refractivity contribution in [3.05, 3.63) is 77.1 Å². The van der Waals surface area contributed by atoms with E-state index in [1.807, 2.05) is 36.4 Å². The highest BCUT2D eigenvalue weighted by Crippen LogP contribution is 2.25. The Bertz CT molecular complexity index is 1250. The minimum atomic E-state index is -0.397. The molecule has 3 N–H and O–H groups in total. The number of rotatable bonds is 7. The summed E-state index contributed by atoms with van der Waals surface area (Å²) in [4.78, 5) is 22.1. The maximum absolute atomic E-state index is 14.2. The first-order valence-corrected chi connectivity index (χ1v) is 10.9. The van der Waals surface area contributed by atoms with Gasteiger partial charge in [0.25, 0.3) is 5.91 Å². The van der Waals surface area contributed by atoms with Gasteiger partial charge in [0.2, 0.25) is 0 Å². The summed E-state index contributed by atoms with van der Waals surface area (Å²) in [6.07, 6.45) is 3.76. The number of carbonyl (C=O) groups excluding carboxylic acids is 1. The van der Waals surface area contributed by atoms with Gasteiger partial charge in [-0.15, -0.1) is 0 Å². The van der Waals surface area contributed by atoms with Crippen LogP contribution in [-0.2, 0) is 6.54 Å². The van der Waals surface area contributed by atoms with E-state index in [1.165, 1.54) is 23.5 Å². The van der Waals surface area contributed by atoms with E-state index in [2.05, 4.69) is 25.9 Å². The second kappa shape index (κ2) is 8.31. The third-order valence-corrected chi connectivity index (χ3v) is 5.89. The van der Waals surface area contributed by atoms with Gasteiger partial charge in [0.05, 0.1) is 17.7 Å². The van der Waals surface area contributed by atoms with Crippen molar-refractivity contribution < 1.29 is 9.18 Å². The first kappa shape index (κ1) is 19.4. The maximum Gasteiger partial charge on any atom is 0.251 e. The molecule has 1 aliphatic carbocycles. The van der Waals surface area contributed by atoms with Gasteiger partial charge < -0.3 is 16.0 Å². The summed E-state index contributed by atoms with van der Waals surface area (Å²) in [5.41, 5.74) is 1.65. The fraction of sp³-hybridized carbons (Fsp3) is 0.174. The number of nitrogens with one attached hydrogen (secondary N) is 3. The Kier molecular flexibility index (Phi) is 5.21. The van der Waals surface area contributed by atoms with Crippen molar-refractivity contribution in [3.63, 3.8) is 0 Å². The predicted octanol–water partition coefficient (Wildman–Crippen LogP) is 5.08. The van der Waals surface area contributed by atoms with Crippen LogP contribution in [0.3, 0.4) is 0 Å². The van der Waals surface area contributed by atoms with E-state index >= 15 is 0 Å². The zero-order valence-electron chi connectivity index (χ0n) is 16.6. The monoisotopic (exact) mass is 433 g/mol. The highest BCUT2D eigenvalue weighted by Gasteiger charge is 2.24. The molecule has 8 heteroatoms. The number of hydrogen-bond acceptors (Lipinski definition) is 6. The van der Waals surface area contributed by atoms with Gasteiger partial charge >= 0.3 is 0 Å². The van der Waals surface area contributed by atoms with Crippen LogP contribution in [-0.4, -0.2) is 21.9 Å². The lowest BCUT2D eigenvalue weighted by atomic mass is 10.1. The quantitative estimate of drug-likeness (QED) is 0.379. The molecule has 4 aromatic rings. The SMILES string of the molecule is O=C(NC1CC1)c1ccc(F)c(NCc2cnc(Nc3ccc4ccccc4n3)s2)c1. The number of pyridine rings is 1. The van der Waals surface area contributed by atoms with Crippen LogP contribution in [0.4, 0.5) is 21.0 Å². The van der Waals surface area contributed by atoms with Crippen molar-refractivity contribution in [3.8, 4) is 0 Å². The average Bonchev–Trinajstić information content (AvgIpc) is 3.49. The molecule has 1 fully saturated rings. The molecule has 1 amide bonds. The molecule has 1 aliphatic rings. The van der Waals surface area contributed by atoms with Crippen LogP contribution in [0, 0.1) is 5.82 Å². The number of thiazole rings is 1. The molecule has 5 rings (SSSR count). The number of nitrogens with zero attached hydrogens (tertiary/aromatic N) is 2. The number of para-hydroxylation sites is 1. The lowest BCUT2D eigenvalue weighted by Crippen LogP contribution is -2.25. The fourth-order valence-electron chi connectivity index (χ4n) is 3.17. The topological polar surface area (TPSA) is 78.9 Å². The molecule has 0 aliphatic heterocycles. The smallest absolute Gasteiger partial charge is 0.251 e. The molecule has 6 nitrogen and oxygen atoms in total. The Morgan fingerprint density at radius 2 is 2.00 bits per heavy atom. The zero-order valence-corrected chi connectivity index (χ0v) is 17.4. The van der Waals surface area contributed by atoms with Gasteiger partial charge in [-0.25, -0.2) is 14.4 Å². The average molecular weight is 434 g/mol. The Labute approximate surface area is 182 Å². The third kappa shape index (κ3) is 4.64. The van der Waals surface area contributed by atoms with Gasteiger partial charge in [0.15, 0.2) is 5.13 Å². The van der Waals surface area contributed by atoms with E-state index in [0.717, 1.165) is 28.6 Å². The van der Waals surface area contributed by atoms with E-state index < -0.39 is 5.82 Å². The van der Waals surface area contributed by atoms with E-state index in [0.29, 0.717) is 28.7 Å². The number of hydrogen-bond donors (Lipinski definition) is 3. The number of aromatic nitrogens is 2. The van der Waals surface area contributed by atoms with Crippen LogP contribution in [0.25, 0.3) is 10.9 Å². The third-order valence-electron chi connectivity index (χ3n) is 4.98. The molecule has 0 bridgehead atoms. The zero-order chi connectivity index (χ0) is 21.2. The van der Waals surface area contributed by atoms with E-state index in [1.54, 1.807) is 12.3 Å². The number of anilines is 3. The van der Waals surface area contributed by atoms with Crippen molar-refractivity contribution in [2.24, 2.45) is 0 Å². The molecule has 0 radical (unpaired) electrons. The van der Waals surface area contributed by atoms with Crippen LogP contribution >= 0.6 is 11.3 Å². The largest absolute Gasteiger partial charge is 0.378 e. The minimum absolute atomic E-state index is 0.169. The Morgan fingerprint density at radius 1 is 1.13 bits per heavy atom. The van der Waals surface area contributed by atoms with E-state index in [4.69, 9.17) is 0 Å². The van der Waals surface area contributed by atoms with E-state index in [9.17, 15) is 9.18 Å². The van der Waals surface area contributed by atoms with Crippen LogP contribution < -0.4 is 16.0 Å². The van der Waals surface area contributed by atoms with E-state index in [-0.39, 0.29) is 11.9 Å². The molecular weight excluding hydrogens is 413 g/mol. The minimum Gasteiger partial charge on any atom is -0.378 e. The molecule has 0 saturated heterocycles. The number of fused-ring (bicyclic) bond motifs is 1. The Balaban J connectivity index is 1.24. The summed E-state index contributed by atoms with van der Waals surface area (Å²) in [5, 5.41) is 11.0. The number of benzene rings is 2. The summed E-state index contributed by atoms with van der Waals surface area (Å²) in [7, 11) is 0. The van der Waals surface area contributed by atoms with Gasteiger partial charge in [-0.1, -0.05) is 29.5 Å². The van der Waals surface area contributed by atoms with Gasteiger partial charge in [-0.05, 0) is 49.2 Å². The number of halogens is 1. The van der Waals surface area contributed by atoms with Gasteiger partial charge in [-0.3, -0.25) is 4.79 Å². The number of amides is 1. The van der Waals surface area contributed by atoms with Crippen molar-refractivity contribution in [1.29, 1.82) is 0 Å². The normalized spacial score (nSPS) is 13.2. The maximum atomic E-state index is 14.2. The molecule has 2 aromatic heterocycles. The molecule has 31 heavy (non-hydrogen) atoms. The molecule has 1 saturated carbocycles. The lowest BCUT2D eigenvalue weighted by Gasteiger charge is -2.09. The summed E-state index contributed by atoms with van der Waals surface area (Å²) >= 11 is 1.46. The van der Waals surface area contributed by atoms with Crippen molar-refractivity contribution >= 4 is 44.8 Å². The first-order valence-electron chi connectivity index (χ1n) is 10.1. The van der Waals surface area contributed by atoms with Crippen LogP contribution in [0.1, 0.15) is 28.1 Å². The van der Waals surface area contributed by atoms with Crippen LogP contribution in [0.2, 0.25) is 0 Å². The summed E-state index contributed by atoms with van der Waals surface area (Å²) in [6.45, 7) is 0.398. The highest BCUT2D eigenvalue weighted by molar-refractivity contribution is 7.15. The molecule has 0 atom stereocenters. The van der Waals surface area contributed by atoms with Gasteiger partial charge in [0.1, 0.15) is 11.6 Å². The standard InChI is InChI=1S/C23H20FN5OS/c24-18-9-5-15(22(30)27-16-7-8-16)11-20(18)25-12-17-13-26-23(31-17)29-21-10-6-14-3-1-2-4-19(14)28-21/h1-6,9-11,13,16,25H,7-8,12H2,(H,27,30)(H,26,28,29). The van der Waals surface area contributed by atoms with Crippen molar-refractivity contribution in [1.82, 2.24) is 15.3 Å². The second-order valence-electron chi connectivity index (χ2n) is 7.44. The molecule has 0 unspecified atom stereocenters. The molecule has 2 aromatic carbocycles. The molecule has 156 valence electrons. The summed E-state index contributed by atoms with van der Waals surface area (Å²) in [6, 6.07) is 16.5. The van der Waals surface area contributed by atoms with Crippen LogP contribution in [0.15, 0.2) is 60.8 Å². The lowest BCUT2D eigenvalue weighted by molar-refractivity contribution is 0.0951. The Hall–Kier alpha value is -3.52. The van der Waals surface area contributed by atoms with Crippen molar-refractivity contribution in [2.75, 3.05) is 10.6 Å². The molecule has 2 heterocycles. The molecule has 0 spiro atoms. The predicted molar refractivity (Wildman–Crippen MR) is 121 cm³/mol. The number of carbonyl (C=O) groups is 1. The first-order chi connectivity index (χ1) is 15.1. The second-order valence-corrected chi connectivity index (χ2v) is 8.56. The summed E-state index contributed by atoms with van der Waals surface area (Å²) in [5.74, 6) is 0.150. The van der Waals surface area contributed by atoms with Crippen molar-refractivity contribution in [2.45, 2.75) is 25.4 Å². The van der Waals surface area contributed by atoms with Gasteiger partial charge in [0, 0.05) is 28.1 Å². The summed E-state index contributed by atoms with van der Waals surface area (Å²) < 4.78 is 14.2. The van der Waals surface area contributed by atoms with Gasteiger partial charge in [-0.2, -0.15) is 0 Å². The Morgan fingerprint density at radius 3 is 2.87 bits per heavy atom. The van der Waals surface area contributed by atoms with Crippen LogP contribution in [0.5, 0.6) is 0 Å².